The minimum atomic E-state index is -0.605. The average Bonchev–Trinajstić information content (AvgIpc) is 2.57. The van der Waals surface area contributed by atoms with E-state index < -0.39 is 11.8 Å². The summed E-state index contributed by atoms with van der Waals surface area (Å²) < 4.78 is 0. The molecule has 0 aliphatic carbocycles. The fraction of sp³-hybridized carbons (Fsp3) is 0. The van der Waals surface area contributed by atoms with Crippen LogP contribution in [0.1, 0.15) is 0 Å². The van der Waals surface area contributed by atoms with Gasteiger partial charge in [-0.15, -0.1) is 0 Å². The van der Waals surface area contributed by atoms with E-state index in [0.717, 1.165) is 16.7 Å². The van der Waals surface area contributed by atoms with Crippen LogP contribution in [-0.4, -0.2) is 11.8 Å². The number of carbonyl (C=O) groups is 2. The van der Waals surface area contributed by atoms with Gasteiger partial charge in [-0.25, -0.2) is 0 Å². The second kappa shape index (κ2) is 7.07. The van der Waals surface area contributed by atoms with Gasteiger partial charge < -0.3 is 10.6 Å². The van der Waals surface area contributed by atoms with Crippen LogP contribution >= 0.6 is 46.6 Å². The number of thioether (sulfide) groups is 1. The maximum atomic E-state index is 12.3. The number of rotatable bonds is 2. The van der Waals surface area contributed by atoms with Gasteiger partial charge >= 0.3 is 0 Å². The molecule has 1 heterocycles. The van der Waals surface area contributed by atoms with Crippen LogP contribution in [0.25, 0.3) is 0 Å². The van der Waals surface area contributed by atoms with Crippen molar-refractivity contribution in [1.82, 2.24) is 0 Å². The van der Waals surface area contributed by atoms with E-state index in [2.05, 4.69) is 10.6 Å². The standard InChI is InChI=1S/C16H9Cl3N2O2S/c17-9-6-5-8(7-10(9)18)20-15(22)13(19)14-16(23)21-11-3-1-2-4-12(11)24-14/h1-7H,(H,20,22)(H,21,23). The summed E-state index contributed by atoms with van der Waals surface area (Å²) in [6.07, 6.45) is 0. The van der Waals surface area contributed by atoms with Gasteiger partial charge in [0, 0.05) is 10.6 Å². The summed E-state index contributed by atoms with van der Waals surface area (Å²) in [6.45, 7) is 0. The highest BCUT2D eigenvalue weighted by Crippen LogP contribution is 2.40. The number of hydrogen-bond acceptors (Lipinski definition) is 3. The molecule has 0 saturated heterocycles. The molecule has 3 rings (SSSR count). The van der Waals surface area contributed by atoms with Crippen LogP contribution in [0.3, 0.4) is 0 Å². The molecule has 2 N–H and O–H groups in total. The van der Waals surface area contributed by atoms with Crippen molar-refractivity contribution in [2.45, 2.75) is 4.90 Å². The molecule has 24 heavy (non-hydrogen) atoms. The summed E-state index contributed by atoms with van der Waals surface area (Å²) in [7, 11) is 0. The third kappa shape index (κ3) is 3.54. The topological polar surface area (TPSA) is 58.2 Å². The largest absolute Gasteiger partial charge is 0.321 e. The number of hydrogen-bond donors (Lipinski definition) is 2. The summed E-state index contributed by atoms with van der Waals surface area (Å²) in [5.74, 6) is -1.03. The van der Waals surface area contributed by atoms with Crippen LogP contribution in [0.15, 0.2) is 57.3 Å². The first kappa shape index (κ1) is 17.2. The molecule has 0 saturated carbocycles. The van der Waals surface area contributed by atoms with E-state index in [1.54, 1.807) is 18.2 Å². The first-order valence-electron chi connectivity index (χ1n) is 6.70. The highest BCUT2D eigenvalue weighted by molar-refractivity contribution is 8.04. The SMILES string of the molecule is O=C(Nc1ccc(Cl)c(Cl)c1)C(Cl)=C1Sc2ccccc2NC1=O. The number of fused-ring (bicyclic) bond motifs is 1. The smallest absolute Gasteiger partial charge is 0.268 e. The van der Waals surface area contributed by atoms with E-state index in [-0.39, 0.29) is 9.94 Å². The maximum absolute atomic E-state index is 12.3. The van der Waals surface area contributed by atoms with E-state index in [9.17, 15) is 9.59 Å². The zero-order valence-electron chi connectivity index (χ0n) is 11.9. The second-order valence-corrected chi connectivity index (χ2v) is 7.02. The van der Waals surface area contributed by atoms with Crippen LogP contribution in [0, 0.1) is 0 Å². The Bertz CT molecular complexity index is 883. The molecule has 0 spiro atoms. The molecule has 0 atom stereocenters. The van der Waals surface area contributed by atoms with Gasteiger partial charge in [-0.05, 0) is 30.3 Å². The number of anilines is 2. The van der Waals surface area contributed by atoms with Crippen molar-refractivity contribution in [1.29, 1.82) is 0 Å². The van der Waals surface area contributed by atoms with Gasteiger partial charge in [-0.1, -0.05) is 58.7 Å². The van der Waals surface area contributed by atoms with Gasteiger partial charge in [0.2, 0.25) is 0 Å². The van der Waals surface area contributed by atoms with E-state index in [0.29, 0.717) is 21.4 Å². The lowest BCUT2D eigenvalue weighted by Crippen LogP contribution is -2.21. The summed E-state index contributed by atoms with van der Waals surface area (Å²) >= 11 is 19.0. The van der Waals surface area contributed by atoms with Crippen LogP contribution in [0.2, 0.25) is 10.0 Å². The Balaban J connectivity index is 1.85. The Morgan fingerprint density at radius 3 is 2.58 bits per heavy atom. The second-order valence-electron chi connectivity index (χ2n) is 4.78. The minimum Gasteiger partial charge on any atom is -0.321 e. The first-order valence-corrected chi connectivity index (χ1v) is 8.65. The Hall–Kier alpha value is -1.66. The fourth-order valence-corrected chi connectivity index (χ4v) is 3.47. The lowest BCUT2D eigenvalue weighted by molar-refractivity contribution is -0.114. The van der Waals surface area contributed by atoms with Gasteiger partial charge in [0.05, 0.1) is 15.7 Å². The molecule has 0 radical (unpaired) electrons. The average molecular weight is 400 g/mol. The fourth-order valence-electron chi connectivity index (χ4n) is 2.00. The van der Waals surface area contributed by atoms with Crippen molar-refractivity contribution in [3.63, 3.8) is 0 Å². The molecule has 0 bridgehead atoms. The molecule has 8 heteroatoms. The predicted molar refractivity (Wildman–Crippen MR) is 98.9 cm³/mol. The zero-order valence-corrected chi connectivity index (χ0v) is 15.0. The first-order chi connectivity index (χ1) is 11.5. The van der Waals surface area contributed by atoms with Crippen molar-refractivity contribution in [3.8, 4) is 0 Å². The zero-order chi connectivity index (χ0) is 17.3. The summed E-state index contributed by atoms with van der Waals surface area (Å²) in [5, 5.41) is 5.77. The van der Waals surface area contributed by atoms with Gasteiger partial charge in [0.1, 0.15) is 9.94 Å². The number of para-hydroxylation sites is 1. The number of amides is 2. The molecular weight excluding hydrogens is 391 g/mol. The molecule has 0 unspecified atom stereocenters. The molecule has 0 aromatic heterocycles. The van der Waals surface area contributed by atoms with Crippen LogP contribution < -0.4 is 10.6 Å². The van der Waals surface area contributed by atoms with Crippen molar-refractivity contribution in [3.05, 3.63) is 62.4 Å². The Morgan fingerprint density at radius 2 is 1.83 bits per heavy atom. The Labute approximate surface area is 157 Å². The van der Waals surface area contributed by atoms with Crippen molar-refractivity contribution in [2.75, 3.05) is 10.6 Å². The summed E-state index contributed by atoms with van der Waals surface area (Å²) in [4.78, 5) is 25.4. The molecule has 1 aliphatic rings. The van der Waals surface area contributed by atoms with Gasteiger partial charge in [-0.3, -0.25) is 9.59 Å². The lowest BCUT2D eigenvalue weighted by atomic mass is 10.3. The minimum absolute atomic E-state index is 0.132. The van der Waals surface area contributed by atoms with Crippen LogP contribution in [0.5, 0.6) is 0 Å². The van der Waals surface area contributed by atoms with Gasteiger partial charge in [-0.2, -0.15) is 0 Å². The van der Waals surface area contributed by atoms with E-state index in [1.807, 2.05) is 18.2 Å². The molecule has 0 fully saturated rings. The highest BCUT2D eigenvalue weighted by Gasteiger charge is 2.26. The van der Waals surface area contributed by atoms with Crippen LogP contribution in [0.4, 0.5) is 11.4 Å². The molecule has 2 amide bonds. The van der Waals surface area contributed by atoms with Crippen molar-refractivity contribution >= 4 is 69.8 Å². The molecule has 2 aromatic carbocycles. The molecule has 1 aliphatic heterocycles. The van der Waals surface area contributed by atoms with Crippen molar-refractivity contribution in [2.24, 2.45) is 0 Å². The van der Waals surface area contributed by atoms with Crippen LogP contribution in [-0.2, 0) is 9.59 Å². The third-order valence-corrected chi connectivity index (χ3v) is 5.51. The molecule has 4 nitrogen and oxygen atoms in total. The normalized spacial score (nSPS) is 15.4. The van der Waals surface area contributed by atoms with Gasteiger partial charge in [0.15, 0.2) is 0 Å². The predicted octanol–water partition coefficient (Wildman–Crippen LogP) is 5.13. The third-order valence-electron chi connectivity index (χ3n) is 3.13. The monoisotopic (exact) mass is 398 g/mol. The molecular formula is C16H9Cl3N2O2S. The van der Waals surface area contributed by atoms with E-state index in [4.69, 9.17) is 34.8 Å². The number of halogens is 3. The van der Waals surface area contributed by atoms with Crippen molar-refractivity contribution < 1.29 is 9.59 Å². The molecule has 122 valence electrons. The quantitative estimate of drug-likeness (QED) is 0.689. The molecule has 2 aromatic rings. The Morgan fingerprint density at radius 1 is 1.08 bits per heavy atom. The maximum Gasteiger partial charge on any atom is 0.268 e. The van der Waals surface area contributed by atoms with E-state index in [1.165, 1.54) is 6.07 Å². The van der Waals surface area contributed by atoms with E-state index >= 15 is 0 Å². The summed E-state index contributed by atoms with van der Waals surface area (Å²) in [5.41, 5.74) is 1.11. The number of carbonyl (C=O) groups excluding carboxylic acids is 2. The number of benzene rings is 2. The summed E-state index contributed by atoms with van der Waals surface area (Å²) in [6, 6.07) is 11.9. The number of nitrogens with one attached hydrogen (secondary N) is 2. The Kier molecular flexibility index (Phi) is 5.06. The lowest BCUT2D eigenvalue weighted by Gasteiger charge is -2.19. The van der Waals surface area contributed by atoms with Gasteiger partial charge in [0.25, 0.3) is 11.8 Å². The highest BCUT2D eigenvalue weighted by atomic mass is 35.5.